The van der Waals surface area contributed by atoms with Gasteiger partial charge in [0.1, 0.15) is 0 Å². The highest BCUT2D eigenvalue weighted by atomic mass is 16.6. The normalized spacial score (nSPS) is 18.4. The first-order valence-electron chi connectivity index (χ1n) is 6.46. The first kappa shape index (κ1) is 14.3. The molecule has 1 aromatic rings. The zero-order valence-corrected chi connectivity index (χ0v) is 11.2. The Hall–Kier alpha value is -2.15. The molecule has 2 rings (SSSR count). The predicted octanol–water partition coefficient (Wildman–Crippen LogP) is 1.09. The average Bonchev–Trinajstić information content (AvgIpc) is 2.47. The second-order valence-corrected chi connectivity index (χ2v) is 4.66. The Kier molecular flexibility index (Phi) is 4.52. The van der Waals surface area contributed by atoms with Crippen molar-refractivity contribution < 1.29 is 14.5 Å². The van der Waals surface area contributed by atoms with Gasteiger partial charge in [-0.2, -0.15) is 0 Å². The molecule has 7 nitrogen and oxygen atoms in total. The Morgan fingerprint density at radius 3 is 2.95 bits per heavy atom. The van der Waals surface area contributed by atoms with E-state index in [0.717, 1.165) is 25.9 Å². The minimum absolute atomic E-state index is 0.0670. The molecule has 2 N–H and O–H groups in total. The average molecular weight is 279 g/mol. The zero-order valence-electron chi connectivity index (χ0n) is 11.2. The van der Waals surface area contributed by atoms with Crippen LogP contribution in [0, 0.1) is 10.1 Å². The van der Waals surface area contributed by atoms with E-state index < -0.39 is 4.92 Å². The van der Waals surface area contributed by atoms with E-state index in [9.17, 15) is 14.9 Å². The van der Waals surface area contributed by atoms with Crippen molar-refractivity contribution in [2.24, 2.45) is 0 Å². The number of nitrogens with one attached hydrogen (secondary N) is 2. The smallest absolute Gasteiger partial charge is 0.311 e. The number of rotatable bonds is 4. The van der Waals surface area contributed by atoms with E-state index in [-0.39, 0.29) is 28.9 Å². The number of amides is 1. The highest BCUT2D eigenvalue weighted by Crippen LogP contribution is 2.27. The van der Waals surface area contributed by atoms with E-state index in [0.29, 0.717) is 0 Å². The van der Waals surface area contributed by atoms with Crippen LogP contribution in [0.15, 0.2) is 18.2 Å². The zero-order chi connectivity index (χ0) is 14.5. The molecule has 1 aromatic carbocycles. The summed E-state index contributed by atoms with van der Waals surface area (Å²) in [6.07, 6.45) is 1.92. The molecular formula is C13H17N3O4. The largest absolute Gasteiger partial charge is 0.490 e. The van der Waals surface area contributed by atoms with Gasteiger partial charge in [0.2, 0.25) is 0 Å². The third kappa shape index (κ3) is 3.24. The molecule has 0 saturated carbocycles. The number of piperidine rings is 1. The Morgan fingerprint density at radius 1 is 1.55 bits per heavy atom. The van der Waals surface area contributed by atoms with Crippen molar-refractivity contribution in [3.8, 4) is 5.75 Å². The fraction of sp³-hybridized carbons (Fsp3) is 0.462. The maximum absolute atomic E-state index is 12.1. The number of benzene rings is 1. The number of hydrogen-bond donors (Lipinski definition) is 2. The summed E-state index contributed by atoms with van der Waals surface area (Å²) in [5.74, 6) is -0.157. The van der Waals surface area contributed by atoms with Gasteiger partial charge in [0.05, 0.1) is 12.0 Å². The third-order valence-corrected chi connectivity index (χ3v) is 3.27. The summed E-state index contributed by atoms with van der Waals surface area (Å²) < 4.78 is 4.91. The van der Waals surface area contributed by atoms with Crippen molar-refractivity contribution in [2.75, 3.05) is 20.2 Å². The molecule has 0 bridgehead atoms. The molecule has 0 spiro atoms. The van der Waals surface area contributed by atoms with Crippen molar-refractivity contribution in [1.82, 2.24) is 10.6 Å². The highest BCUT2D eigenvalue weighted by Gasteiger charge is 2.20. The molecular weight excluding hydrogens is 262 g/mol. The minimum Gasteiger partial charge on any atom is -0.490 e. The molecule has 108 valence electrons. The first-order valence-corrected chi connectivity index (χ1v) is 6.46. The summed E-state index contributed by atoms with van der Waals surface area (Å²) in [6, 6.07) is 4.27. The van der Waals surface area contributed by atoms with Crippen LogP contribution >= 0.6 is 0 Å². The van der Waals surface area contributed by atoms with Crippen LogP contribution in [0.5, 0.6) is 5.75 Å². The van der Waals surface area contributed by atoms with Crippen LogP contribution in [-0.4, -0.2) is 37.1 Å². The van der Waals surface area contributed by atoms with E-state index in [2.05, 4.69) is 10.6 Å². The molecule has 1 aliphatic heterocycles. The fourth-order valence-electron chi connectivity index (χ4n) is 2.22. The van der Waals surface area contributed by atoms with E-state index in [1.54, 1.807) is 0 Å². The Labute approximate surface area is 116 Å². The van der Waals surface area contributed by atoms with Gasteiger partial charge in [0.15, 0.2) is 5.75 Å². The lowest BCUT2D eigenvalue weighted by Gasteiger charge is -2.23. The lowest BCUT2D eigenvalue weighted by atomic mass is 10.1. The Morgan fingerprint density at radius 2 is 2.35 bits per heavy atom. The van der Waals surface area contributed by atoms with Gasteiger partial charge in [0.25, 0.3) is 5.91 Å². The van der Waals surface area contributed by atoms with Crippen LogP contribution in [0.25, 0.3) is 0 Å². The van der Waals surface area contributed by atoms with Crippen LogP contribution in [0.2, 0.25) is 0 Å². The van der Waals surface area contributed by atoms with Gasteiger partial charge in [-0.25, -0.2) is 0 Å². The van der Waals surface area contributed by atoms with Gasteiger partial charge in [-0.05, 0) is 31.5 Å². The third-order valence-electron chi connectivity index (χ3n) is 3.27. The first-order chi connectivity index (χ1) is 9.61. The summed E-state index contributed by atoms with van der Waals surface area (Å²) in [6.45, 7) is 1.68. The summed E-state index contributed by atoms with van der Waals surface area (Å²) in [7, 11) is 1.36. The summed E-state index contributed by atoms with van der Waals surface area (Å²) in [5, 5.41) is 17.0. The maximum atomic E-state index is 12.1. The van der Waals surface area contributed by atoms with E-state index in [1.165, 1.54) is 25.3 Å². The number of nitrogens with zero attached hydrogens (tertiary/aromatic N) is 1. The van der Waals surface area contributed by atoms with Crippen LogP contribution in [0.4, 0.5) is 5.69 Å². The van der Waals surface area contributed by atoms with Crippen LogP contribution in [0.3, 0.4) is 0 Å². The van der Waals surface area contributed by atoms with Gasteiger partial charge in [-0.3, -0.25) is 14.9 Å². The fourth-order valence-corrected chi connectivity index (χ4v) is 2.22. The molecule has 1 atom stereocenters. The molecule has 0 radical (unpaired) electrons. The lowest BCUT2D eigenvalue weighted by Crippen LogP contribution is -2.45. The predicted molar refractivity (Wildman–Crippen MR) is 73.0 cm³/mol. The molecule has 0 aromatic heterocycles. The SMILES string of the molecule is COc1ccc(C(=O)NC2CCCNC2)cc1[N+](=O)[O-]. The van der Waals surface area contributed by atoms with Crippen molar-refractivity contribution >= 4 is 11.6 Å². The second kappa shape index (κ2) is 6.33. The van der Waals surface area contributed by atoms with Gasteiger partial charge in [-0.1, -0.05) is 0 Å². The minimum atomic E-state index is -0.558. The lowest BCUT2D eigenvalue weighted by molar-refractivity contribution is -0.385. The Bertz CT molecular complexity index is 512. The molecule has 1 unspecified atom stereocenters. The van der Waals surface area contributed by atoms with Crippen LogP contribution in [0.1, 0.15) is 23.2 Å². The van der Waals surface area contributed by atoms with E-state index in [1.807, 2.05) is 0 Å². The quantitative estimate of drug-likeness (QED) is 0.635. The molecule has 20 heavy (non-hydrogen) atoms. The number of nitro benzene ring substituents is 1. The van der Waals surface area contributed by atoms with Crippen LogP contribution in [-0.2, 0) is 0 Å². The topological polar surface area (TPSA) is 93.5 Å². The molecule has 0 aliphatic carbocycles. The van der Waals surface area contributed by atoms with Crippen LogP contribution < -0.4 is 15.4 Å². The van der Waals surface area contributed by atoms with Crippen molar-refractivity contribution in [2.45, 2.75) is 18.9 Å². The number of carbonyl (C=O) groups is 1. The van der Waals surface area contributed by atoms with Gasteiger partial charge < -0.3 is 15.4 Å². The van der Waals surface area contributed by atoms with E-state index >= 15 is 0 Å². The molecule has 1 saturated heterocycles. The van der Waals surface area contributed by atoms with Gasteiger partial charge >= 0.3 is 5.69 Å². The molecule has 1 aliphatic rings. The number of methoxy groups -OCH3 is 1. The molecule has 1 heterocycles. The van der Waals surface area contributed by atoms with Gasteiger partial charge in [-0.15, -0.1) is 0 Å². The monoisotopic (exact) mass is 279 g/mol. The maximum Gasteiger partial charge on any atom is 0.311 e. The number of carbonyl (C=O) groups excluding carboxylic acids is 1. The summed E-state index contributed by atoms with van der Waals surface area (Å²) in [5.41, 5.74) is 0.0602. The molecule has 7 heteroatoms. The Balaban J connectivity index is 2.13. The number of hydrogen-bond acceptors (Lipinski definition) is 5. The standard InChI is InChI=1S/C13H17N3O4/c1-20-12-5-4-9(7-11(12)16(18)19)13(17)15-10-3-2-6-14-8-10/h4-5,7,10,14H,2-3,6,8H2,1H3,(H,15,17). The summed E-state index contributed by atoms with van der Waals surface area (Å²) in [4.78, 5) is 22.5. The number of ether oxygens (including phenoxy) is 1. The summed E-state index contributed by atoms with van der Waals surface area (Å²) >= 11 is 0. The van der Waals surface area contributed by atoms with Gasteiger partial charge in [0, 0.05) is 24.2 Å². The van der Waals surface area contributed by atoms with E-state index in [4.69, 9.17) is 4.74 Å². The highest BCUT2D eigenvalue weighted by molar-refractivity contribution is 5.95. The van der Waals surface area contributed by atoms with Crippen molar-refractivity contribution in [3.63, 3.8) is 0 Å². The molecule has 1 fully saturated rings. The second-order valence-electron chi connectivity index (χ2n) is 4.66. The van der Waals surface area contributed by atoms with Crippen molar-refractivity contribution in [3.05, 3.63) is 33.9 Å². The number of nitro groups is 1. The van der Waals surface area contributed by atoms with Crippen molar-refractivity contribution in [1.29, 1.82) is 0 Å². The molecule has 1 amide bonds.